The SMILES string of the molecule is CCNC(CC1CCCO1)c1c(C)ccnc1N. The maximum atomic E-state index is 6.03. The Morgan fingerprint density at radius 1 is 1.61 bits per heavy atom. The van der Waals surface area contributed by atoms with Gasteiger partial charge in [0, 0.05) is 24.4 Å². The largest absolute Gasteiger partial charge is 0.383 e. The molecule has 1 saturated heterocycles. The molecule has 1 aliphatic rings. The van der Waals surface area contributed by atoms with E-state index >= 15 is 0 Å². The zero-order chi connectivity index (χ0) is 13.0. The molecule has 0 radical (unpaired) electrons. The highest BCUT2D eigenvalue weighted by Crippen LogP contribution is 2.29. The molecule has 0 aliphatic carbocycles. The maximum absolute atomic E-state index is 6.03. The Morgan fingerprint density at radius 2 is 2.44 bits per heavy atom. The number of nitrogen functional groups attached to an aromatic ring is 1. The van der Waals surface area contributed by atoms with Crippen LogP contribution in [0.4, 0.5) is 5.82 Å². The lowest BCUT2D eigenvalue weighted by Crippen LogP contribution is -2.27. The lowest BCUT2D eigenvalue weighted by Gasteiger charge is -2.24. The first kappa shape index (κ1) is 13.3. The molecule has 2 heterocycles. The predicted molar refractivity (Wildman–Crippen MR) is 73.4 cm³/mol. The van der Waals surface area contributed by atoms with Crippen LogP contribution in [0.15, 0.2) is 12.3 Å². The van der Waals surface area contributed by atoms with Crippen LogP contribution in [-0.2, 0) is 4.74 Å². The quantitative estimate of drug-likeness (QED) is 0.840. The van der Waals surface area contributed by atoms with Crippen LogP contribution in [0.1, 0.15) is 43.4 Å². The number of nitrogens with zero attached hydrogens (tertiary/aromatic N) is 1. The summed E-state index contributed by atoms with van der Waals surface area (Å²) in [6.45, 7) is 6.02. The second-order valence-electron chi connectivity index (χ2n) is 4.91. The van der Waals surface area contributed by atoms with Crippen LogP contribution < -0.4 is 11.1 Å². The van der Waals surface area contributed by atoms with Gasteiger partial charge in [-0.15, -0.1) is 0 Å². The van der Waals surface area contributed by atoms with Gasteiger partial charge in [-0.25, -0.2) is 4.98 Å². The Morgan fingerprint density at radius 3 is 3.06 bits per heavy atom. The van der Waals surface area contributed by atoms with Crippen LogP contribution >= 0.6 is 0 Å². The Labute approximate surface area is 109 Å². The average Bonchev–Trinajstić information content (AvgIpc) is 2.82. The van der Waals surface area contributed by atoms with Crippen molar-refractivity contribution < 1.29 is 4.74 Å². The predicted octanol–water partition coefficient (Wildman–Crippen LogP) is 2.19. The standard InChI is InChI=1S/C14H23N3O/c1-3-16-12(9-11-5-4-8-18-11)13-10(2)6-7-17-14(13)15/h6-7,11-12,16H,3-5,8-9H2,1-2H3,(H2,15,17). The Balaban J connectivity index is 2.17. The second-order valence-corrected chi connectivity index (χ2v) is 4.91. The van der Waals surface area contributed by atoms with Crippen molar-refractivity contribution >= 4 is 5.82 Å². The fourth-order valence-corrected chi connectivity index (χ4v) is 2.69. The number of hydrogen-bond acceptors (Lipinski definition) is 4. The van der Waals surface area contributed by atoms with E-state index in [1.54, 1.807) is 6.20 Å². The van der Waals surface area contributed by atoms with Crippen LogP contribution in [0.3, 0.4) is 0 Å². The van der Waals surface area contributed by atoms with Gasteiger partial charge in [0.05, 0.1) is 6.10 Å². The van der Waals surface area contributed by atoms with E-state index in [9.17, 15) is 0 Å². The number of ether oxygens (including phenoxy) is 1. The Hall–Kier alpha value is -1.13. The van der Waals surface area contributed by atoms with Crippen molar-refractivity contribution in [1.29, 1.82) is 0 Å². The monoisotopic (exact) mass is 249 g/mol. The molecule has 18 heavy (non-hydrogen) atoms. The van der Waals surface area contributed by atoms with Gasteiger partial charge in [0.25, 0.3) is 0 Å². The molecule has 4 nitrogen and oxygen atoms in total. The van der Waals surface area contributed by atoms with Crippen molar-refractivity contribution in [3.63, 3.8) is 0 Å². The summed E-state index contributed by atoms with van der Waals surface area (Å²) in [5.41, 5.74) is 8.37. The number of nitrogens with two attached hydrogens (primary N) is 1. The third-order valence-corrected chi connectivity index (χ3v) is 3.56. The summed E-state index contributed by atoms with van der Waals surface area (Å²) >= 11 is 0. The first-order valence-electron chi connectivity index (χ1n) is 6.78. The Bertz CT molecular complexity index is 368. The lowest BCUT2D eigenvalue weighted by molar-refractivity contribution is 0.0947. The summed E-state index contributed by atoms with van der Waals surface area (Å²) in [4.78, 5) is 4.21. The number of rotatable bonds is 5. The van der Waals surface area contributed by atoms with Gasteiger partial charge in [-0.1, -0.05) is 6.92 Å². The lowest BCUT2D eigenvalue weighted by atomic mass is 9.96. The third-order valence-electron chi connectivity index (χ3n) is 3.56. The van der Waals surface area contributed by atoms with Crippen LogP contribution in [0.25, 0.3) is 0 Å². The van der Waals surface area contributed by atoms with Gasteiger partial charge in [0.2, 0.25) is 0 Å². The fraction of sp³-hybridized carbons (Fsp3) is 0.643. The van der Waals surface area contributed by atoms with Crippen molar-refractivity contribution in [2.24, 2.45) is 0 Å². The summed E-state index contributed by atoms with van der Waals surface area (Å²) in [5.74, 6) is 0.638. The van der Waals surface area contributed by atoms with Gasteiger partial charge in [-0.3, -0.25) is 0 Å². The van der Waals surface area contributed by atoms with Gasteiger partial charge >= 0.3 is 0 Å². The molecule has 0 saturated carbocycles. The summed E-state index contributed by atoms with van der Waals surface area (Å²) in [6.07, 6.45) is 5.42. The number of aryl methyl sites for hydroxylation is 1. The first-order chi connectivity index (χ1) is 8.72. The van der Waals surface area contributed by atoms with Crippen molar-refractivity contribution in [2.45, 2.75) is 45.3 Å². The molecule has 1 aliphatic heterocycles. The topological polar surface area (TPSA) is 60.2 Å². The van der Waals surface area contributed by atoms with E-state index in [2.05, 4.69) is 24.1 Å². The van der Waals surface area contributed by atoms with E-state index in [1.165, 1.54) is 12.0 Å². The van der Waals surface area contributed by atoms with Crippen molar-refractivity contribution in [1.82, 2.24) is 10.3 Å². The molecule has 2 atom stereocenters. The number of anilines is 1. The number of aromatic nitrogens is 1. The van der Waals surface area contributed by atoms with Crippen LogP contribution in [0.5, 0.6) is 0 Å². The smallest absolute Gasteiger partial charge is 0.128 e. The molecule has 1 aromatic rings. The average molecular weight is 249 g/mol. The van der Waals surface area contributed by atoms with Gasteiger partial charge in [0.15, 0.2) is 0 Å². The van der Waals surface area contributed by atoms with Gasteiger partial charge in [-0.2, -0.15) is 0 Å². The molecule has 2 rings (SSSR count). The minimum absolute atomic E-state index is 0.242. The minimum Gasteiger partial charge on any atom is -0.383 e. The highest BCUT2D eigenvalue weighted by atomic mass is 16.5. The molecule has 3 N–H and O–H groups in total. The molecule has 2 unspecified atom stereocenters. The van der Waals surface area contributed by atoms with Gasteiger partial charge in [-0.05, 0) is 44.4 Å². The third kappa shape index (κ3) is 3.00. The molecule has 4 heteroatoms. The normalized spacial score (nSPS) is 21.1. The zero-order valence-corrected chi connectivity index (χ0v) is 11.3. The maximum Gasteiger partial charge on any atom is 0.128 e. The Kier molecular flexibility index (Phi) is 4.55. The van der Waals surface area contributed by atoms with Gasteiger partial charge in [0.1, 0.15) is 5.82 Å². The van der Waals surface area contributed by atoms with Crippen molar-refractivity contribution in [2.75, 3.05) is 18.9 Å². The number of nitrogens with one attached hydrogen (secondary N) is 1. The van der Waals surface area contributed by atoms with Gasteiger partial charge < -0.3 is 15.8 Å². The van der Waals surface area contributed by atoms with E-state index in [1.807, 2.05) is 6.07 Å². The molecule has 0 spiro atoms. The van der Waals surface area contributed by atoms with Crippen LogP contribution in [0, 0.1) is 6.92 Å². The molecule has 1 aromatic heterocycles. The highest BCUT2D eigenvalue weighted by molar-refractivity contribution is 5.46. The molecule has 1 fully saturated rings. The van der Waals surface area contributed by atoms with Crippen molar-refractivity contribution in [3.05, 3.63) is 23.4 Å². The fourth-order valence-electron chi connectivity index (χ4n) is 2.69. The van der Waals surface area contributed by atoms with E-state index in [-0.39, 0.29) is 6.04 Å². The second kappa shape index (κ2) is 6.16. The molecule has 100 valence electrons. The summed E-state index contributed by atoms with van der Waals surface area (Å²) in [7, 11) is 0. The minimum atomic E-state index is 0.242. The highest BCUT2D eigenvalue weighted by Gasteiger charge is 2.24. The molecule has 0 aromatic carbocycles. The molecule has 0 amide bonds. The van der Waals surface area contributed by atoms with Crippen LogP contribution in [-0.4, -0.2) is 24.2 Å². The molecular formula is C14H23N3O. The van der Waals surface area contributed by atoms with E-state index in [0.717, 1.165) is 31.6 Å². The summed E-state index contributed by atoms with van der Waals surface area (Å²) < 4.78 is 5.73. The van der Waals surface area contributed by atoms with E-state index in [0.29, 0.717) is 11.9 Å². The van der Waals surface area contributed by atoms with Crippen molar-refractivity contribution in [3.8, 4) is 0 Å². The first-order valence-corrected chi connectivity index (χ1v) is 6.78. The number of pyridine rings is 1. The number of hydrogen-bond donors (Lipinski definition) is 2. The van der Waals surface area contributed by atoms with Crippen LogP contribution in [0.2, 0.25) is 0 Å². The zero-order valence-electron chi connectivity index (χ0n) is 11.3. The van der Waals surface area contributed by atoms with E-state index < -0.39 is 0 Å². The molecule has 0 bridgehead atoms. The summed E-state index contributed by atoms with van der Waals surface area (Å²) in [5, 5.41) is 3.51. The molecular weight excluding hydrogens is 226 g/mol. The summed E-state index contributed by atoms with van der Waals surface area (Å²) in [6, 6.07) is 2.26. The van der Waals surface area contributed by atoms with E-state index in [4.69, 9.17) is 10.5 Å².